The van der Waals surface area contributed by atoms with Crippen LogP contribution in [0.5, 0.6) is 0 Å². The van der Waals surface area contributed by atoms with E-state index in [9.17, 15) is 0 Å². The molecule has 23 heavy (non-hydrogen) atoms. The van der Waals surface area contributed by atoms with Gasteiger partial charge in [0.25, 0.3) is 0 Å². The number of fused-ring (bicyclic) bond motifs is 1. The van der Waals surface area contributed by atoms with E-state index in [0.717, 1.165) is 23.8 Å². The van der Waals surface area contributed by atoms with Crippen molar-refractivity contribution in [3.63, 3.8) is 0 Å². The summed E-state index contributed by atoms with van der Waals surface area (Å²) in [5.74, 6) is 0.782. The molecule has 0 aromatic carbocycles. The number of aryl methyl sites for hydroxylation is 2. The van der Waals surface area contributed by atoms with Gasteiger partial charge in [0, 0.05) is 29.2 Å². The van der Waals surface area contributed by atoms with E-state index in [2.05, 4.69) is 58.7 Å². The average molecular weight is 327 g/mol. The van der Waals surface area contributed by atoms with E-state index in [0.29, 0.717) is 6.54 Å². The molecule has 0 aliphatic carbocycles. The lowest BCUT2D eigenvalue weighted by Gasteiger charge is -2.09. The Morgan fingerprint density at radius 1 is 1.22 bits per heavy atom. The fourth-order valence-electron chi connectivity index (χ4n) is 2.37. The number of nitrogens with one attached hydrogen (secondary N) is 2. The third kappa shape index (κ3) is 3.90. The van der Waals surface area contributed by atoms with Gasteiger partial charge in [0.05, 0.1) is 18.8 Å². The molecule has 5 nitrogen and oxygen atoms in total. The van der Waals surface area contributed by atoms with Crippen LogP contribution in [-0.2, 0) is 13.1 Å². The molecule has 0 spiro atoms. The molecule has 0 aliphatic heterocycles. The lowest BCUT2D eigenvalue weighted by molar-refractivity contribution is 0.804. The fraction of sp³-hybridized carbons (Fsp3) is 0.294. The second-order valence-corrected chi connectivity index (χ2v) is 6.87. The van der Waals surface area contributed by atoms with E-state index in [1.807, 2.05) is 16.8 Å². The molecule has 0 saturated carbocycles. The summed E-state index contributed by atoms with van der Waals surface area (Å²) in [5.41, 5.74) is 3.18. The smallest absolute Gasteiger partial charge is 0.191 e. The quantitative estimate of drug-likeness (QED) is 0.572. The summed E-state index contributed by atoms with van der Waals surface area (Å²) >= 11 is 1.80. The van der Waals surface area contributed by atoms with Crippen LogP contribution in [0.15, 0.2) is 41.7 Å². The Labute approximate surface area is 140 Å². The van der Waals surface area contributed by atoms with Gasteiger partial charge in [0.1, 0.15) is 5.65 Å². The van der Waals surface area contributed by atoms with Crippen molar-refractivity contribution >= 4 is 22.9 Å². The number of aromatic nitrogens is 2. The zero-order valence-electron chi connectivity index (χ0n) is 13.6. The zero-order valence-corrected chi connectivity index (χ0v) is 14.4. The average Bonchev–Trinajstić information content (AvgIpc) is 3.12. The number of imidazole rings is 1. The van der Waals surface area contributed by atoms with E-state index >= 15 is 0 Å². The van der Waals surface area contributed by atoms with Crippen LogP contribution in [0.2, 0.25) is 0 Å². The summed E-state index contributed by atoms with van der Waals surface area (Å²) in [7, 11) is 1.78. The SMILES string of the molecule is CN=C(NCc1cn2ccc(C)cc2n1)NCc1ccc(C)s1. The number of guanidine groups is 1. The summed E-state index contributed by atoms with van der Waals surface area (Å²) in [6.45, 7) is 5.61. The molecule has 0 bridgehead atoms. The van der Waals surface area contributed by atoms with Gasteiger partial charge < -0.3 is 15.0 Å². The van der Waals surface area contributed by atoms with Crippen LogP contribution in [0.4, 0.5) is 0 Å². The molecule has 3 aromatic rings. The third-order valence-electron chi connectivity index (χ3n) is 3.55. The summed E-state index contributed by atoms with van der Waals surface area (Å²) in [5, 5.41) is 6.63. The van der Waals surface area contributed by atoms with Crippen LogP contribution >= 0.6 is 11.3 Å². The van der Waals surface area contributed by atoms with Gasteiger partial charge in [-0.25, -0.2) is 4.98 Å². The van der Waals surface area contributed by atoms with Crippen molar-refractivity contribution < 1.29 is 0 Å². The Balaban J connectivity index is 1.58. The molecular formula is C17H21N5S. The van der Waals surface area contributed by atoms with E-state index in [1.165, 1.54) is 15.3 Å². The molecule has 0 unspecified atom stereocenters. The maximum absolute atomic E-state index is 4.62. The first-order valence-electron chi connectivity index (χ1n) is 7.58. The molecule has 0 saturated heterocycles. The van der Waals surface area contributed by atoms with Crippen LogP contribution in [-0.4, -0.2) is 22.4 Å². The Hall–Kier alpha value is -2.34. The van der Waals surface area contributed by atoms with E-state index in [-0.39, 0.29) is 0 Å². The first-order valence-corrected chi connectivity index (χ1v) is 8.40. The number of pyridine rings is 1. The summed E-state index contributed by atoms with van der Waals surface area (Å²) in [6.07, 6.45) is 4.07. The van der Waals surface area contributed by atoms with Gasteiger partial charge in [-0.3, -0.25) is 4.99 Å². The fourth-order valence-corrected chi connectivity index (χ4v) is 3.20. The largest absolute Gasteiger partial charge is 0.352 e. The van der Waals surface area contributed by atoms with Crippen molar-refractivity contribution in [2.45, 2.75) is 26.9 Å². The molecule has 3 heterocycles. The van der Waals surface area contributed by atoms with Crippen LogP contribution in [0.25, 0.3) is 5.65 Å². The highest BCUT2D eigenvalue weighted by Crippen LogP contribution is 2.14. The Bertz CT molecular complexity index is 830. The number of thiophene rings is 1. The van der Waals surface area contributed by atoms with Crippen molar-refractivity contribution in [2.75, 3.05) is 7.05 Å². The summed E-state index contributed by atoms with van der Waals surface area (Å²) in [4.78, 5) is 11.5. The topological polar surface area (TPSA) is 53.7 Å². The lowest BCUT2D eigenvalue weighted by Crippen LogP contribution is -2.36. The summed E-state index contributed by atoms with van der Waals surface area (Å²) in [6, 6.07) is 8.44. The molecule has 2 N–H and O–H groups in total. The first-order chi connectivity index (χ1) is 11.1. The molecule has 0 atom stereocenters. The molecule has 120 valence electrons. The third-order valence-corrected chi connectivity index (χ3v) is 4.55. The Morgan fingerprint density at radius 2 is 2.04 bits per heavy atom. The minimum absolute atomic E-state index is 0.643. The zero-order chi connectivity index (χ0) is 16.2. The second kappa shape index (κ2) is 6.83. The standard InChI is InChI=1S/C17H21N5S/c1-12-6-7-22-11-14(21-16(22)8-12)9-19-17(18-3)20-10-15-5-4-13(2)23-15/h4-8,11H,9-10H2,1-3H3,(H2,18,19,20). The molecule has 6 heteroatoms. The van der Waals surface area contributed by atoms with Gasteiger partial charge in [-0.2, -0.15) is 0 Å². The van der Waals surface area contributed by atoms with E-state index in [1.54, 1.807) is 18.4 Å². The maximum atomic E-state index is 4.62. The van der Waals surface area contributed by atoms with Crippen LogP contribution in [0.3, 0.4) is 0 Å². The highest BCUT2D eigenvalue weighted by molar-refractivity contribution is 7.11. The number of hydrogen-bond acceptors (Lipinski definition) is 3. The normalized spacial score (nSPS) is 11.9. The predicted molar refractivity (Wildman–Crippen MR) is 96.0 cm³/mol. The highest BCUT2D eigenvalue weighted by atomic mass is 32.1. The number of nitrogens with zero attached hydrogens (tertiary/aromatic N) is 3. The minimum Gasteiger partial charge on any atom is -0.352 e. The summed E-state index contributed by atoms with van der Waals surface area (Å²) < 4.78 is 2.04. The predicted octanol–water partition coefficient (Wildman–Crippen LogP) is 2.88. The second-order valence-electron chi connectivity index (χ2n) is 5.49. The molecule has 0 aliphatic rings. The Kier molecular flexibility index (Phi) is 4.62. The van der Waals surface area contributed by atoms with Crippen LogP contribution < -0.4 is 10.6 Å². The van der Waals surface area contributed by atoms with Crippen molar-refractivity contribution in [1.29, 1.82) is 0 Å². The molecule has 3 aromatic heterocycles. The van der Waals surface area contributed by atoms with Gasteiger partial charge >= 0.3 is 0 Å². The van der Waals surface area contributed by atoms with Gasteiger partial charge in [0.15, 0.2) is 5.96 Å². The lowest BCUT2D eigenvalue weighted by atomic mass is 10.3. The van der Waals surface area contributed by atoms with Crippen molar-refractivity contribution in [3.05, 3.63) is 57.7 Å². The van der Waals surface area contributed by atoms with Crippen LogP contribution in [0.1, 0.15) is 21.0 Å². The maximum Gasteiger partial charge on any atom is 0.191 e. The number of rotatable bonds is 4. The van der Waals surface area contributed by atoms with E-state index < -0.39 is 0 Å². The van der Waals surface area contributed by atoms with Crippen molar-refractivity contribution in [3.8, 4) is 0 Å². The van der Waals surface area contributed by atoms with Gasteiger partial charge in [0.2, 0.25) is 0 Å². The monoisotopic (exact) mass is 327 g/mol. The van der Waals surface area contributed by atoms with Gasteiger partial charge in [-0.1, -0.05) is 0 Å². The molecule has 0 radical (unpaired) electrons. The van der Waals surface area contributed by atoms with Gasteiger partial charge in [-0.05, 0) is 43.7 Å². The van der Waals surface area contributed by atoms with Gasteiger partial charge in [-0.15, -0.1) is 11.3 Å². The Morgan fingerprint density at radius 3 is 2.78 bits per heavy atom. The highest BCUT2D eigenvalue weighted by Gasteiger charge is 2.04. The molecule has 0 amide bonds. The minimum atomic E-state index is 0.643. The number of aliphatic imine (C=N–C) groups is 1. The molecular weight excluding hydrogens is 306 g/mol. The number of hydrogen-bond donors (Lipinski definition) is 2. The molecule has 0 fully saturated rings. The van der Waals surface area contributed by atoms with Crippen LogP contribution in [0, 0.1) is 13.8 Å². The molecule has 3 rings (SSSR count). The van der Waals surface area contributed by atoms with E-state index in [4.69, 9.17) is 0 Å². The van der Waals surface area contributed by atoms with Crippen molar-refractivity contribution in [1.82, 2.24) is 20.0 Å². The van der Waals surface area contributed by atoms with Crippen molar-refractivity contribution in [2.24, 2.45) is 4.99 Å². The first kappa shape index (κ1) is 15.6.